The van der Waals surface area contributed by atoms with Gasteiger partial charge in [-0.25, -0.2) is 15.0 Å². The molecule has 8 aromatic carbocycles. The Hall–Kier alpha value is -7.68. The number of hydrogen-bond acceptors (Lipinski definition) is 5. The summed E-state index contributed by atoms with van der Waals surface area (Å²) < 4.78 is 6.71. The van der Waals surface area contributed by atoms with Gasteiger partial charge in [-0.05, 0) is 63.0 Å². The summed E-state index contributed by atoms with van der Waals surface area (Å²) in [5.74, 6) is 3.48. The largest absolute Gasteiger partial charge is 0.457 e. The van der Waals surface area contributed by atoms with Gasteiger partial charge in [0.25, 0.3) is 0 Å². The number of hydrogen-bond donors (Lipinski definition) is 0. The van der Waals surface area contributed by atoms with Crippen molar-refractivity contribution in [1.82, 2.24) is 15.0 Å². The zero-order valence-corrected chi connectivity index (χ0v) is 30.0. The SMILES string of the molecule is N#Cc1cc2c(c3ccccc13)-c1ccccc1C21c2ccccc2Oc2ccc(-c3ccc(-c4nc(-c5ccccc5)nc(-c5ccccc5)n4)cc3)cc21. The van der Waals surface area contributed by atoms with E-state index >= 15 is 0 Å². The average molecular weight is 715 g/mol. The summed E-state index contributed by atoms with van der Waals surface area (Å²) in [7, 11) is 0. The summed E-state index contributed by atoms with van der Waals surface area (Å²) in [6.07, 6.45) is 0. The molecule has 11 rings (SSSR count). The molecule has 0 N–H and O–H groups in total. The minimum absolute atomic E-state index is 0.610. The Labute approximate surface area is 323 Å². The molecule has 0 amide bonds. The molecule has 56 heavy (non-hydrogen) atoms. The van der Waals surface area contributed by atoms with Crippen molar-refractivity contribution in [2.45, 2.75) is 5.41 Å². The van der Waals surface area contributed by atoms with Crippen LogP contribution in [0.4, 0.5) is 0 Å². The van der Waals surface area contributed by atoms with Crippen LogP contribution in [0.3, 0.4) is 0 Å². The Balaban J connectivity index is 1.09. The van der Waals surface area contributed by atoms with E-state index in [2.05, 4.69) is 109 Å². The van der Waals surface area contributed by atoms with E-state index in [1.165, 1.54) is 11.1 Å². The fourth-order valence-corrected chi connectivity index (χ4v) is 8.78. The van der Waals surface area contributed by atoms with E-state index in [0.29, 0.717) is 23.0 Å². The van der Waals surface area contributed by atoms with Crippen molar-refractivity contribution in [3.05, 3.63) is 210 Å². The van der Waals surface area contributed by atoms with Crippen LogP contribution in [-0.2, 0) is 5.41 Å². The number of para-hydroxylation sites is 1. The maximum absolute atomic E-state index is 10.5. The van der Waals surface area contributed by atoms with Crippen LogP contribution in [0.2, 0.25) is 0 Å². The zero-order valence-electron chi connectivity index (χ0n) is 30.0. The minimum Gasteiger partial charge on any atom is -0.457 e. The summed E-state index contributed by atoms with van der Waals surface area (Å²) in [4.78, 5) is 14.8. The number of fused-ring (bicyclic) bond motifs is 11. The first-order valence-corrected chi connectivity index (χ1v) is 18.7. The van der Waals surface area contributed by atoms with Crippen molar-refractivity contribution in [3.8, 4) is 74.0 Å². The van der Waals surface area contributed by atoms with Crippen molar-refractivity contribution in [2.75, 3.05) is 0 Å². The van der Waals surface area contributed by atoms with E-state index < -0.39 is 5.41 Å². The topological polar surface area (TPSA) is 71.7 Å². The van der Waals surface area contributed by atoms with Crippen molar-refractivity contribution in [3.63, 3.8) is 0 Å². The molecule has 9 aromatic rings. The van der Waals surface area contributed by atoms with Gasteiger partial charge in [-0.2, -0.15) is 5.26 Å². The van der Waals surface area contributed by atoms with Crippen LogP contribution >= 0.6 is 0 Å². The molecule has 5 heteroatoms. The average Bonchev–Trinajstić information content (AvgIpc) is 3.57. The number of nitriles is 1. The van der Waals surface area contributed by atoms with Crippen molar-refractivity contribution in [1.29, 1.82) is 5.26 Å². The predicted octanol–water partition coefficient (Wildman–Crippen LogP) is 12.0. The van der Waals surface area contributed by atoms with Gasteiger partial charge in [0.05, 0.1) is 17.0 Å². The number of nitrogens with zero attached hydrogens (tertiary/aromatic N) is 4. The second-order valence-electron chi connectivity index (χ2n) is 14.2. The summed E-state index contributed by atoms with van der Waals surface area (Å²) in [6, 6.07) is 64.9. The van der Waals surface area contributed by atoms with Crippen LogP contribution in [0, 0.1) is 11.3 Å². The Bertz CT molecular complexity index is 3000. The molecule has 5 nitrogen and oxygen atoms in total. The highest BCUT2D eigenvalue weighted by Crippen LogP contribution is 2.63. The number of ether oxygens (including phenoxy) is 1. The standard InChI is InChI=1S/C51H30N4O/c52-31-37-30-44-47(39-18-8-7-17-38(37)39)40-19-9-10-20-41(40)51(44)42-21-11-12-22-45(42)56-46-28-27-36(29-43(46)51)32-23-25-35(26-24-32)50-54-48(33-13-3-1-4-14-33)53-49(55-50)34-15-5-2-6-16-34/h1-30H. The highest BCUT2D eigenvalue weighted by molar-refractivity contribution is 6.06. The van der Waals surface area contributed by atoms with Crippen LogP contribution < -0.4 is 4.74 Å². The first-order valence-electron chi connectivity index (χ1n) is 18.7. The van der Waals surface area contributed by atoms with Crippen LogP contribution in [0.1, 0.15) is 27.8 Å². The van der Waals surface area contributed by atoms with Gasteiger partial charge in [0.15, 0.2) is 17.5 Å². The van der Waals surface area contributed by atoms with Crippen LogP contribution in [0.15, 0.2) is 182 Å². The molecule has 2 aliphatic rings. The molecular formula is C51H30N4O. The van der Waals surface area contributed by atoms with Gasteiger partial charge in [-0.3, -0.25) is 0 Å². The van der Waals surface area contributed by atoms with Gasteiger partial charge in [0.1, 0.15) is 11.5 Å². The van der Waals surface area contributed by atoms with Crippen LogP contribution in [-0.4, -0.2) is 15.0 Å². The van der Waals surface area contributed by atoms with E-state index in [9.17, 15) is 5.26 Å². The van der Waals surface area contributed by atoms with Crippen molar-refractivity contribution >= 4 is 10.8 Å². The third kappa shape index (κ3) is 4.70. The molecule has 0 bridgehead atoms. The Morgan fingerprint density at radius 3 is 1.61 bits per heavy atom. The van der Waals surface area contributed by atoms with Gasteiger partial charge in [-0.1, -0.05) is 158 Å². The molecule has 1 atom stereocenters. The third-order valence-electron chi connectivity index (χ3n) is 11.2. The lowest BCUT2D eigenvalue weighted by molar-refractivity contribution is 0.436. The summed E-state index contributed by atoms with van der Waals surface area (Å²) in [6.45, 7) is 0. The lowest BCUT2D eigenvalue weighted by Gasteiger charge is -2.39. The first-order chi connectivity index (χ1) is 27.7. The van der Waals surface area contributed by atoms with Crippen LogP contribution in [0.25, 0.3) is 67.2 Å². The zero-order chi connectivity index (χ0) is 37.2. The fraction of sp³-hybridized carbons (Fsp3) is 0.0196. The lowest BCUT2D eigenvalue weighted by Crippen LogP contribution is -2.32. The maximum Gasteiger partial charge on any atom is 0.164 e. The number of aromatic nitrogens is 3. The number of benzene rings is 8. The molecule has 1 aromatic heterocycles. The fourth-order valence-electron chi connectivity index (χ4n) is 8.78. The summed E-state index contributed by atoms with van der Waals surface area (Å²) >= 11 is 0. The molecular weight excluding hydrogens is 685 g/mol. The summed E-state index contributed by atoms with van der Waals surface area (Å²) in [5.41, 5.74) is 11.5. The highest BCUT2D eigenvalue weighted by atomic mass is 16.5. The second-order valence-corrected chi connectivity index (χ2v) is 14.2. The molecule has 1 spiro atoms. The quantitative estimate of drug-likeness (QED) is 0.181. The molecule has 0 radical (unpaired) electrons. The molecule has 1 aliphatic carbocycles. The molecule has 2 heterocycles. The summed E-state index contributed by atoms with van der Waals surface area (Å²) in [5, 5.41) is 12.6. The molecule has 1 unspecified atom stereocenters. The van der Waals surface area contributed by atoms with E-state index in [4.69, 9.17) is 19.7 Å². The van der Waals surface area contributed by atoms with E-state index in [-0.39, 0.29) is 0 Å². The second kappa shape index (κ2) is 12.4. The maximum atomic E-state index is 10.5. The normalized spacial score (nSPS) is 14.6. The highest BCUT2D eigenvalue weighted by Gasteiger charge is 2.51. The van der Waals surface area contributed by atoms with E-state index in [1.54, 1.807) is 0 Å². The number of rotatable bonds is 4. The lowest BCUT2D eigenvalue weighted by atomic mass is 9.65. The van der Waals surface area contributed by atoms with Gasteiger partial charge >= 0.3 is 0 Å². The molecule has 260 valence electrons. The van der Waals surface area contributed by atoms with Crippen molar-refractivity contribution in [2.24, 2.45) is 0 Å². The van der Waals surface area contributed by atoms with Gasteiger partial charge < -0.3 is 4.74 Å². The molecule has 0 saturated carbocycles. The van der Waals surface area contributed by atoms with Crippen molar-refractivity contribution < 1.29 is 4.74 Å². The minimum atomic E-state index is -0.714. The molecule has 1 aliphatic heterocycles. The van der Waals surface area contributed by atoms with Gasteiger partial charge in [0, 0.05) is 33.2 Å². The van der Waals surface area contributed by atoms with Crippen LogP contribution in [0.5, 0.6) is 11.5 Å². The van der Waals surface area contributed by atoms with Gasteiger partial charge in [0.2, 0.25) is 0 Å². The van der Waals surface area contributed by atoms with E-state index in [1.807, 2.05) is 78.9 Å². The Kier molecular flexibility index (Phi) is 7.07. The molecule has 0 fully saturated rings. The Morgan fingerprint density at radius 2 is 0.929 bits per heavy atom. The predicted molar refractivity (Wildman–Crippen MR) is 221 cm³/mol. The monoisotopic (exact) mass is 714 g/mol. The molecule has 0 saturated heterocycles. The van der Waals surface area contributed by atoms with Gasteiger partial charge in [-0.15, -0.1) is 0 Å². The first kappa shape index (κ1) is 31.8. The Morgan fingerprint density at radius 1 is 0.411 bits per heavy atom. The van der Waals surface area contributed by atoms with E-state index in [0.717, 1.165) is 72.3 Å². The third-order valence-corrected chi connectivity index (χ3v) is 11.2. The smallest absolute Gasteiger partial charge is 0.164 e.